The third-order valence-electron chi connectivity index (χ3n) is 9.43. The first kappa shape index (κ1) is 24.9. The molecule has 1 saturated carbocycles. The molecule has 8 nitrogen and oxygen atoms in total. The topological polar surface area (TPSA) is 81.9 Å². The van der Waals surface area contributed by atoms with Crippen molar-refractivity contribution >= 4 is 22.8 Å². The SMILES string of the molecule is O=C(O)CN1CCN(c2nc3ccccc3n(C3CC4CCC(C3)N4C3CCCCCCC3)c2=O)CC1. The standard InChI is InChI=1S/C29H41N5O3/c35-27(36)20-31-14-16-32(17-15-31)28-29(37)34(26-11-7-6-10-25(26)30-28)24-18-22-12-13-23(19-24)33(22)21-8-4-2-1-3-5-9-21/h6-7,10-11,21-24H,1-5,8-9,12-20H2,(H,35,36). The summed E-state index contributed by atoms with van der Waals surface area (Å²) in [6.45, 7) is 2.55. The molecule has 8 heteroatoms. The van der Waals surface area contributed by atoms with Gasteiger partial charge < -0.3 is 14.6 Å². The molecule has 0 radical (unpaired) electrons. The van der Waals surface area contributed by atoms with Crippen molar-refractivity contribution in [3.05, 3.63) is 34.6 Å². The van der Waals surface area contributed by atoms with E-state index in [0.717, 1.165) is 29.9 Å². The van der Waals surface area contributed by atoms with Gasteiger partial charge in [0.1, 0.15) is 0 Å². The zero-order valence-electron chi connectivity index (χ0n) is 21.9. The Hall–Kier alpha value is -2.45. The van der Waals surface area contributed by atoms with E-state index in [-0.39, 0.29) is 18.1 Å². The van der Waals surface area contributed by atoms with E-state index in [2.05, 4.69) is 20.4 Å². The number of benzene rings is 1. The van der Waals surface area contributed by atoms with Gasteiger partial charge >= 0.3 is 5.97 Å². The molecule has 0 spiro atoms. The van der Waals surface area contributed by atoms with Crippen molar-refractivity contribution in [1.29, 1.82) is 0 Å². The molecule has 1 aromatic carbocycles. The number of piperidine rings is 1. The second-order valence-electron chi connectivity index (χ2n) is 11.7. The number of aliphatic carboxylic acids is 1. The molecule has 2 atom stereocenters. The minimum Gasteiger partial charge on any atom is -0.480 e. The lowest BCUT2D eigenvalue weighted by molar-refractivity contribution is -0.138. The van der Waals surface area contributed by atoms with Crippen molar-refractivity contribution in [1.82, 2.24) is 19.4 Å². The minimum atomic E-state index is -0.806. The number of para-hydroxylation sites is 2. The molecule has 3 aliphatic heterocycles. The molecule has 2 bridgehead atoms. The summed E-state index contributed by atoms with van der Waals surface area (Å²) >= 11 is 0. The van der Waals surface area contributed by atoms with E-state index in [1.807, 2.05) is 23.1 Å². The van der Waals surface area contributed by atoms with Crippen LogP contribution in [0.1, 0.15) is 76.7 Å². The number of carboxylic acid groups (broad SMARTS) is 1. The Bertz CT molecular complexity index is 1150. The van der Waals surface area contributed by atoms with Crippen LogP contribution >= 0.6 is 0 Å². The highest BCUT2D eigenvalue weighted by Gasteiger charge is 2.44. The highest BCUT2D eigenvalue weighted by Crippen LogP contribution is 2.44. The highest BCUT2D eigenvalue weighted by atomic mass is 16.4. The molecule has 200 valence electrons. The maximum atomic E-state index is 14.1. The van der Waals surface area contributed by atoms with E-state index in [4.69, 9.17) is 10.1 Å². The van der Waals surface area contributed by atoms with Gasteiger partial charge in [-0.3, -0.25) is 19.4 Å². The average molecular weight is 508 g/mol. The number of hydrogen-bond acceptors (Lipinski definition) is 6. The van der Waals surface area contributed by atoms with Gasteiger partial charge in [-0.05, 0) is 50.7 Å². The second kappa shape index (κ2) is 10.7. The van der Waals surface area contributed by atoms with Crippen LogP contribution in [-0.2, 0) is 4.79 Å². The lowest BCUT2D eigenvalue weighted by Crippen LogP contribution is -2.51. The van der Waals surface area contributed by atoms with Gasteiger partial charge in [0.05, 0.1) is 17.6 Å². The summed E-state index contributed by atoms with van der Waals surface area (Å²) < 4.78 is 2.09. The molecule has 6 rings (SSSR count). The number of rotatable bonds is 5. The van der Waals surface area contributed by atoms with Crippen LogP contribution in [0.25, 0.3) is 11.0 Å². The van der Waals surface area contributed by atoms with Crippen LogP contribution in [0.2, 0.25) is 0 Å². The molecule has 1 aliphatic carbocycles. The quantitative estimate of drug-likeness (QED) is 0.658. The van der Waals surface area contributed by atoms with Crippen LogP contribution in [0.15, 0.2) is 29.1 Å². The number of anilines is 1. The number of fused-ring (bicyclic) bond motifs is 3. The largest absolute Gasteiger partial charge is 0.480 e. The minimum absolute atomic E-state index is 0.0224. The zero-order valence-corrected chi connectivity index (χ0v) is 21.9. The van der Waals surface area contributed by atoms with E-state index in [1.54, 1.807) is 0 Å². The normalized spacial score (nSPS) is 28.3. The molecule has 4 aliphatic rings. The fraction of sp³-hybridized carbons (Fsp3) is 0.690. The maximum absolute atomic E-state index is 14.1. The summed E-state index contributed by atoms with van der Waals surface area (Å²) in [5, 5.41) is 9.14. The van der Waals surface area contributed by atoms with Gasteiger partial charge in [-0.2, -0.15) is 0 Å². The molecular weight excluding hydrogens is 466 g/mol. The first-order valence-electron chi connectivity index (χ1n) is 14.6. The predicted octanol–water partition coefficient (Wildman–Crippen LogP) is 3.88. The zero-order chi connectivity index (χ0) is 25.4. The summed E-state index contributed by atoms with van der Waals surface area (Å²) in [4.78, 5) is 36.9. The third kappa shape index (κ3) is 5.02. The smallest absolute Gasteiger partial charge is 0.317 e. The molecule has 4 heterocycles. The number of carboxylic acids is 1. The highest BCUT2D eigenvalue weighted by molar-refractivity contribution is 5.76. The second-order valence-corrected chi connectivity index (χ2v) is 11.7. The van der Waals surface area contributed by atoms with Gasteiger partial charge in [-0.25, -0.2) is 4.98 Å². The van der Waals surface area contributed by atoms with Crippen molar-refractivity contribution in [2.24, 2.45) is 0 Å². The Morgan fingerprint density at radius 2 is 1.49 bits per heavy atom. The molecule has 3 saturated heterocycles. The summed E-state index contributed by atoms with van der Waals surface area (Å²) in [5.41, 5.74) is 1.85. The Labute approximate surface area is 219 Å². The van der Waals surface area contributed by atoms with Crippen LogP contribution in [0, 0.1) is 0 Å². The van der Waals surface area contributed by atoms with Crippen LogP contribution in [-0.4, -0.2) is 81.3 Å². The Balaban J connectivity index is 1.27. The van der Waals surface area contributed by atoms with Crippen LogP contribution in [0.3, 0.4) is 0 Å². The first-order valence-corrected chi connectivity index (χ1v) is 14.6. The van der Waals surface area contributed by atoms with Crippen LogP contribution in [0.5, 0.6) is 0 Å². The molecular formula is C29H41N5O3. The van der Waals surface area contributed by atoms with E-state index in [1.165, 1.54) is 57.8 Å². The molecule has 0 amide bonds. The summed E-state index contributed by atoms with van der Waals surface area (Å²) in [5.74, 6) is -0.275. The number of carbonyl (C=O) groups is 1. The fourth-order valence-corrected chi connectivity index (χ4v) is 7.74. The van der Waals surface area contributed by atoms with Gasteiger partial charge in [-0.1, -0.05) is 44.2 Å². The molecule has 1 aromatic heterocycles. The van der Waals surface area contributed by atoms with Gasteiger partial charge in [-0.15, -0.1) is 0 Å². The molecule has 37 heavy (non-hydrogen) atoms. The lowest BCUT2D eigenvalue weighted by atomic mass is 9.89. The van der Waals surface area contributed by atoms with Gasteiger partial charge in [0.15, 0.2) is 5.82 Å². The average Bonchev–Trinajstić information content (AvgIpc) is 3.12. The molecule has 2 unspecified atom stereocenters. The van der Waals surface area contributed by atoms with Crippen molar-refractivity contribution in [3.63, 3.8) is 0 Å². The van der Waals surface area contributed by atoms with E-state index in [0.29, 0.717) is 44.1 Å². The predicted molar refractivity (Wildman–Crippen MR) is 145 cm³/mol. The number of aromatic nitrogens is 2. The lowest BCUT2D eigenvalue weighted by Gasteiger charge is -2.45. The monoisotopic (exact) mass is 507 g/mol. The fourth-order valence-electron chi connectivity index (χ4n) is 7.74. The molecule has 2 aromatic rings. The Morgan fingerprint density at radius 3 is 2.16 bits per heavy atom. The van der Waals surface area contributed by atoms with Crippen molar-refractivity contribution in [2.45, 2.75) is 94.8 Å². The Kier molecular flexibility index (Phi) is 7.21. The summed E-state index contributed by atoms with van der Waals surface area (Å²) in [7, 11) is 0. The number of piperazine rings is 1. The van der Waals surface area contributed by atoms with Crippen molar-refractivity contribution < 1.29 is 9.90 Å². The van der Waals surface area contributed by atoms with Gasteiger partial charge in [0.25, 0.3) is 5.56 Å². The Morgan fingerprint density at radius 1 is 0.838 bits per heavy atom. The molecule has 1 N–H and O–H groups in total. The first-order chi connectivity index (χ1) is 18.1. The van der Waals surface area contributed by atoms with Crippen LogP contribution in [0.4, 0.5) is 5.82 Å². The third-order valence-corrected chi connectivity index (χ3v) is 9.43. The van der Waals surface area contributed by atoms with E-state index < -0.39 is 5.97 Å². The van der Waals surface area contributed by atoms with Crippen molar-refractivity contribution in [2.75, 3.05) is 37.6 Å². The summed E-state index contributed by atoms with van der Waals surface area (Å²) in [6.07, 6.45) is 14.2. The van der Waals surface area contributed by atoms with Gasteiger partial charge in [0.2, 0.25) is 0 Å². The van der Waals surface area contributed by atoms with E-state index >= 15 is 0 Å². The number of hydrogen-bond donors (Lipinski definition) is 1. The number of nitrogens with zero attached hydrogens (tertiary/aromatic N) is 5. The van der Waals surface area contributed by atoms with E-state index in [9.17, 15) is 9.59 Å². The van der Waals surface area contributed by atoms with Gasteiger partial charge in [0, 0.05) is 50.3 Å². The van der Waals surface area contributed by atoms with Crippen molar-refractivity contribution in [3.8, 4) is 0 Å². The van der Waals surface area contributed by atoms with Crippen LogP contribution < -0.4 is 10.5 Å². The maximum Gasteiger partial charge on any atom is 0.317 e. The molecule has 4 fully saturated rings. The summed E-state index contributed by atoms with van der Waals surface area (Å²) in [6, 6.07) is 10.2.